The number of aromatic amines is 1. The minimum atomic E-state index is 0.106. The maximum atomic E-state index is 9.78. The standard InChI is InChI=1S/C20H18N4O2/c1-12-4-3-5-14(8-12)23-19-15-10-16(24-20(15)22-11-21-19)13-6-7-17(25)18(9-13)26-2/h3-11,25H,1-2H3,(H2,21,22,23,24). The van der Waals surface area contributed by atoms with Crippen LogP contribution in [0.5, 0.6) is 11.5 Å². The molecule has 0 fully saturated rings. The van der Waals surface area contributed by atoms with Gasteiger partial charge in [0, 0.05) is 16.9 Å². The van der Waals surface area contributed by atoms with Gasteiger partial charge in [-0.05, 0) is 48.9 Å². The van der Waals surface area contributed by atoms with Crippen LogP contribution in [0.3, 0.4) is 0 Å². The number of fused-ring (bicyclic) bond motifs is 1. The molecule has 0 saturated carbocycles. The number of aryl methyl sites for hydroxylation is 1. The van der Waals surface area contributed by atoms with Crippen LogP contribution >= 0.6 is 0 Å². The highest BCUT2D eigenvalue weighted by atomic mass is 16.5. The number of aromatic nitrogens is 3. The summed E-state index contributed by atoms with van der Waals surface area (Å²) in [5, 5.41) is 14.0. The molecular weight excluding hydrogens is 328 g/mol. The second kappa shape index (κ2) is 6.40. The molecule has 0 aliphatic rings. The molecule has 0 spiro atoms. The van der Waals surface area contributed by atoms with Gasteiger partial charge in [0.2, 0.25) is 0 Å². The second-order valence-electron chi connectivity index (χ2n) is 6.05. The predicted molar refractivity (Wildman–Crippen MR) is 102 cm³/mol. The zero-order valence-electron chi connectivity index (χ0n) is 14.4. The summed E-state index contributed by atoms with van der Waals surface area (Å²) in [7, 11) is 1.53. The summed E-state index contributed by atoms with van der Waals surface area (Å²) in [5.74, 6) is 1.26. The van der Waals surface area contributed by atoms with Crippen molar-refractivity contribution >= 4 is 22.5 Å². The maximum Gasteiger partial charge on any atom is 0.161 e. The molecule has 0 aliphatic carbocycles. The molecule has 2 aromatic heterocycles. The van der Waals surface area contributed by atoms with Crippen molar-refractivity contribution in [2.24, 2.45) is 0 Å². The van der Waals surface area contributed by atoms with Crippen molar-refractivity contribution in [1.82, 2.24) is 15.0 Å². The molecule has 2 aromatic carbocycles. The predicted octanol–water partition coefficient (Wildman–Crippen LogP) is 4.39. The second-order valence-corrected chi connectivity index (χ2v) is 6.05. The molecule has 0 radical (unpaired) electrons. The maximum absolute atomic E-state index is 9.78. The number of phenols is 1. The summed E-state index contributed by atoms with van der Waals surface area (Å²) < 4.78 is 5.19. The van der Waals surface area contributed by atoms with Crippen molar-refractivity contribution in [3.63, 3.8) is 0 Å². The number of hydrogen-bond acceptors (Lipinski definition) is 5. The molecule has 0 aliphatic heterocycles. The lowest BCUT2D eigenvalue weighted by Crippen LogP contribution is -1.95. The number of ether oxygens (including phenoxy) is 1. The van der Waals surface area contributed by atoms with E-state index >= 15 is 0 Å². The Morgan fingerprint density at radius 2 is 1.96 bits per heavy atom. The molecule has 4 aromatic rings. The van der Waals surface area contributed by atoms with Crippen molar-refractivity contribution in [3.05, 3.63) is 60.4 Å². The van der Waals surface area contributed by atoms with Crippen LogP contribution in [0.15, 0.2) is 54.9 Å². The third-order valence-electron chi connectivity index (χ3n) is 4.20. The van der Waals surface area contributed by atoms with Crippen LogP contribution in [0.25, 0.3) is 22.3 Å². The molecule has 0 saturated heterocycles. The average molecular weight is 346 g/mol. The first-order chi connectivity index (χ1) is 12.6. The molecule has 0 bridgehead atoms. The summed E-state index contributed by atoms with van der Waals surface area (Å²) in [4.78, 5) is 12.0. The van der Waals surface area contributed by atoms with E-state index < -0.39 is 0 Å². The number of phenolic OH excluding ortho intramolecular Hbond substituents is 1. The molecule has 0 unspecified atom stereocenters. The van der Waals surface area contributed by atoms with E-state index in [1.54, 1.807) is 12.1 Å². The van der Waals surface area contributed by atoms with Crippen LogP contribution in [-0.2, 0) is 0 Å². The third kappa shape index (κ3) is 2.93. The molecule has 2 heterocycles. The number of benzene rings is 2. The molecule has 4 rings (SSSR count). The number of hydrogen-bond donors (Lipinski definition) is 3. The average Bonchev–Trinajstić information content (AvgIpc) is 3.07. The van der Waals surface area contributed by atoms with E-state index in [1.165, 1.54) is 19.0 Å². The van der Waals surface area contributed by atoms with Gasteiger partial charge in [0.05, 0.1) is 12.5 Å². The van der Waals surface area contributed by atoms with E-state index in [0.717, 1.165) is 33.8 Å². The number of H-pyrrole nitrogens is 1. The van der Waals surface area contributed by atoms with Gasteiger partial charge in [-0.2, -0.15) is 0 Å². The highest BCUT2D eigenvalue weighted by molar-refractivity contribution is 5.93. The monoisotopic (exact) mass is 346 g/mol. The molecule has 0 amide bonds. The molecular formula is C20H18N4O2. The third-order valence-corrected chi connectivity index (χ3v) is 4.20. The van der Waals surface area contributed by atoms with Gasteiger partial charge < -0.3 is 20.1 Å². The zero-order valence-corrected chi connectivity index (χ0v) is 14.4. The molecule has 0 atom stereocenters. The largest absolute Gasteiger partial charge is 0.504 e. The van der Waals surface area contributed by atoms with Crippen LogP contribution in [0, 0.1) is 6.92 Å². The SMILES string of the molecule is COc1cc(-c2cc3c(Nc4cccc(C)c4)ncnc3[nH]2)ccc1O. The fourth-order valence-corrected chi connectivity index (χ4v) is 2.90. The van der Waals surface area contributed by atoms with E-state index in [2.05, 4.69) is 26.3 Å². The molecule has 6 heteroatoms. The zero-order chi connectivity index (χ0) is 18.1. The molecule has 6 nitrogen and oxygen atoms in total. The summed E-state index contributed by atoms with van der Waals surface area (Å²) in [6.45, 7) is 2.05. The topological polar surface area (TPSA) is 83.1 Å². The first-order valence-electron chi connectivity index (χ1n) is 8.19. The highest BCUT2D eigenvalue weighted by Crippen LogP contribution is 2.33. The highest BCUT2D eigenvalue weighted by Gasteiger charge is 2.11. The van der Waals surface area contributed by atoms with Gasteiger partial charge >= 0.3 is 0 Å². The van der Waals surface area contributed by atoms with Crippen molar-refractivity contribution < 1.29 is 9.84 Å². The first kappa shape index (κ1) is 16.0. The van der Waals surface area contributed by atoms with Crippen molar-refractivity contribution in [1.29, 1.82) is 0 Å². The Labute approximate surface area is 150 Å². The Bertz CT molecular complexity index is 1090. The quantitative estimate of drug-likeness (QED) is 0.510. The minimum Gasteiger partial charge on any atom is -0.504 e. The summed E-state index contributed by atoms with van der Waals surface area (Å²) in [6, 6.07) is 15.3. The van der Waals surface area contributed by atoms with Gasteiger partial charge in [-0.1, -0.05) is 12.1 Å². The minimum absolute atomic E-state index is 0.106. The lowest BCUT2D eigenvalue weighted by molar-refractivity contribution is 0.373. The van der Waals surface area contributed by atoms with E-state index in [-0.39, 0.29) is 5.75 Å². The summed E-state index contributed by atoms with van der Waals surface area (Å²) in [6.07, 6.45) is 1.53. The van der Waals surface area contributed by atoms with Crippen molar-refractivity contribution in [2.45, 2.75) is 6.92 Å². The van der Waals surface area contributed by atoms with Gasteiger partial charge in [-0.15, -0.1) is 0 Å². The van der Waals surface area contributed by atoms with Crippen molar-refractivity contribution in [2.75, 3.05) is 12.4 Å². The Morgan fingerprint density at radius 3 is 2.77 bits per heavy atom. The Balaban J connectivity index is 1.76. The molecule has 130 valence electrons. The fourth-order valence-electron chi connectivity index (χ4n) is 2.90. The van der Waals surface area contributed by atoms with Crippen molar-refractivity contribution in [3.8, 4) is 22.8 Å². The number of aromatic hydroxyl groups is 1. The number of methoxy groups -OCH3 is 1. The lowest BCUT2D eigenvalue weighted by atomic mass is 10.1. The van der Waals surface area contributed by atoms with Gasteiger partial charge in [-0.25, -0.2) is 9.97 Å². The first-order valence-corrected chi connectivity index (χ1v) is 8.19. The normalized spacial score (nSPS) is 10.8. The van der Waals surface area contributed by atoms with Gasteiger partial charge in [0.1, 0.15) is 17.8 Å². The van der Waals surface area contributed by atoms with Gasteiger partial charge in [0.15, 0.2) is 11.5 Å². The summed E-state index contributed by atoms with van der Waals surface area (Å²) in [5.41, 5.74) is 4.63. The van der Waals surface area contributed by atoms with Crippen LogP contribution in [-0.4, -0.2) is 27.2 Å². The Morgan fingerprint density at radius 1 is 1.08 bits per heavy atom. The van der Waals surface area contributed by atoms with E-state index in [1.807, 2.05) is 37.3 Å². The van der Waals surface area contributed by atoms with E-state index in [4.69, 9.17) is 4.74 Å². The lowest BCUT2D eigenvalue weighted by Gasteiger charge is -2.06. The molecule has 3 N–H and O–H groups in total. The van der Waals surface area contributed by atoms with Crippen LogP contribution < -0.4 is 10.1 Å². The summed E-state index contributed by atoms with van der Waals surface area (Å²) >= 11 is 0. The molecule has 26 heavy (non-hydrogen) atoms. The smallest absolute Gasteiger partial charge is 0.161 e. The Hall–Kier alpha value is -3.54. The Kier molecular flexibility index (Phi) is 3.93. The van der Waals surface area contributed by atoms with E-state index in [0.29, 0.717) is 5.75 Å². The van der Waals surface area contributed by atoms with Gasteiger partial charge in [-0.3, -0.25) is 0 Å². The van der Waals surface area contributed by atoms with Gasteiger partial charge in [0.25, 0.3) is 0 Å². The van der Waals surface area contributed by atoms with E-state index in [9.17, 15) is 5.11 Å². The number of nitrogens with one attached hydrogen (secondary N) is 2. The van der Waals surface area contributed by atoms with Crippen LogP contribution in [0.2, 0.25) is 0 Å². The number of anilines is 2. The fraction of sp³-hybridized carbons (Fsp3) is 0.100. The number of rotatable bonds is 4. The van der Waals surface area contributed by atoms with Crippen LogP contribution in [0.4, 0.5) is 11.5 Å². The van der Waals surface area contributed by atoms with Crippen LogP contribution in [0.1, 0.15) is 5.56 Å². The number of nitrogens with zero attached hydrogens (tertiary/aromatic N) is 2.